The molecule has 4 rings (SSSR count). The van der Waals surface area contributed by atoms with Gasteiger partial charge in [0, 0.05) is 0 Å². The van der Waals surface area contributed by atoms with Gasteiger partial charge in [-0.15, -0.1) is 0 Å². The van der Waals surface area contributed by atoms with E-state index in [1.54, 1.807) is 6.92 Å². The molecule has 3 aromatic carbocycles. The van der Waals surface area contributed by atoms with Gasteiger partial charge >= 0.3 is 5.97 Å². The lowest BCUT2D eigenvalue weighted by Gasteiger charge is -2.41. The molecule has 1 aliphatic carbocycles. The summed E-state index contributed by atoms with van der Waals surface area (Å²) in [6, 6.07) is 28.9. The lowest BCUT2D eigenvalue weighted by Crippen LogP contribution is -2.49. The van der Waals surface area contributed by atoms with Gasteiger partial charge in [0.1, 0.15) is 11.9 Å². The van der Waals surface area contributed by atoms with Crippen molar-refractivity contribution in [1.82, 2.24) is 0 Å². The van der Waals surface area contributed by atoms with Crippen molar-refractivity contribution in [2.24, 2.45) is 0 Å². The minimum Gasteiger partial charge on any atom is -0.509 e. The summed E-state index contributed by atoms with van der Waals surface area (Å²) in [4.78, 5) is 12.2. The van der Waals surface area contributed by atoms with Crippen LogP contribution >= 0.6 is 0 Å². The quantitative estimate of drug-likeness (QED) is 0.437. The normalized spacial score (nSPS) is 20.1. The van der Waals surface area contributed by atoms with Gasteiger partial charge in [-0.3, -0.25) is 0 Å². The first-order valence-corrected chi connectivity index (χ1v) is 11.2. The van der Waals surface area contributed by atoms with Crippen LogP contribution < -0.4 is 0 Å². The summed E-state index contributed by atoms with van der Waals surface area (Å²) in [5.41, 5.74) is 2.15. The maximum atomic E-state index is 12.2. The molecular weight excluding hydrogens is 428 g/mol. The molecule has 5 nitrogen and oxygen atoms in total. The van der Waals surface area contributed by atoms with Crippen molar-refractivity contribution < 1.29 is 24.5 Å². The van der Waals surface area contributed by atoms with Crippen LogP contribution in [0.15, 0.2) is 114 Å². The lowest BCUT2D eigenvalue weighted by molar-refractivity contribution is -0.138. The summed E-state index contributed by atoms with van der Waals surface area (Å²) in [6.45, 7) is 2.23. The van der Waals surface area contributed by atoms with Gasteiger partial charge in [-0.25, -0.2) is 4.79 Å². The van der Waals surface area contributed by atoms with Crippen molar-refractivity contribution in [3.05, 3.63) is 131 Å². The highest BCUT2D eigenvalue weighted by Gasteiger charge is 2.47. The first kappa shape index (κ1) is 23.5. The molecule has 0 amide bonds. The summed E-state index contributed by atoms with van der Waals surface area (Å²) < 4.78 is 12.7. The largest absolute Gasteiger partial charge is 0.509 e. The molecule has 0 heterocycles. The van der Waals surface area contributed by atoms with Crippen LogP contribution in [0.1, 0.15) is 23.6 Å². The predicted molar refractivity (Wildman–Crippen MR) is 130 cm³/mol. The maximum Gasteiger partial charge on any atom is 0.335 e. The number of hydrogen-bond donors (Lipinski definition) is 2. The number of hydrogen-bond acceptors (Lipinski definition) is 4. The molecule has 1 aliphatic rings. The molecule has 174 valence electrons. The molecular formula is C29H28O5. The molecule has 2 unspecified atom stereocenters. The maximum absolute atomic E-state index is 12.2. The average molecular weight is 457 g/mol. The van der Waals surface area contributed by atoms with E-state index in [4.69, 9.17) is 9.47 Å². The minimum atomic E-state index is -1.27. The van der Waals surface area contributed by atoms with E-state index < -0.39 is 17.7 Å². The van der Waals surface area contributed by atoms with Crippen molar-refractivity contribution in [1.29, 1.82) is 0 Å². The van der Waals surface area contributed by atoms with Crippen LogP contribution in [0.5, 0.6) is 0 Å². The number of aliphatic carboxylic acids is 1. The Labute approximate surface area is 199 Å². The molecule has 5 heteroatoms. The summed E-state index contributed by atoms with van der Waals surface area (Å²) >= 11 is 0. The lowest BCUT2D eigenvalue weighted by atomic mass is 9.79. The highest BCUT2D eigenvalue weighted by Crippen LogP contribution is 2.39. The molecule has 0 aliphatic heterocycles. The van der Waals surface area contributed by atoms with Gasteiger partial charge in [0.05, 0.1) is 18.8 Å². The van der Waals surface area contributed by atoms with Gasteiger partial charge in [0.25, 0.3) is 0 Å². The van der Waals surface area contributed by atoms with Crippen LogP contribution in [0, 0.1) is 0 Å². The van der Waals surface area contributed by atoms with Crippen molar-refractivity contribution in [2.75, 3.05) is 0 Å². The Morgan fingerprint density at radius 3 is 1.85 bits per heavy atom. The highest BCUT2D eigenvalue weighted by molar-refractivity contribution is 5.92. The summed E-state index contributed by atoms with van der Waals surface area (Å²) in [7, 11) is 0. The Bertz CT molecular complexity index is 1170. The summed E-state index contributed by atoms with van der Waals surface area (Å²) in [5.74, 6) is -1.29. The van der Waals surface area contributed by atoms with E-state index in [-0.39, 0.29) is 24.5 Å². The van der Waals surface area contributed by atoms with Crippen molar-refractivity contribution in [3.8, 4) is 0 Å². The molecule has 34 heavy (non-hydrogen) atoms. The Balaban J connectivity index is 1.72. The van der Waals surface area contributed by atoms with Gasteiger partial charge in [-0.1, -0.05) is 91.0 Å². The third-order valence-electron chi connectivity index (χ3n) is 6.06. The molecule has 0 saturated carbocycles. The zero-order valence-corrected chi connectivity index (χ0v) is 19.1. The van der Waals surface area contributed by atoms with Crippen LogP contribution in [0.25, 0.3) is 0 Å². The van der Waals surface area contributed by atoms with Gasteiger partial charge in [-0.05, 0) is 41.7 Å². The standard InChI is InChI=1S/C29H28O5/c1-29(34-20-23-15-9-4-10-16-23)26(30)18-25(28(31)32)24(17-21-11-5-2-6-12-21)27(29)33-19-22-13-7-3-8-14-22/h2-16,18,27,30H,17,19-20H2,1H3,(H,31,32). The van der Waals surface area contributed by atoms with E-state index in [0.29, 0.717) is 12.0 Å². The number of aliphatic hydroxyl groups excluding tert-OH is 1. The number of ether oxygens (including phenoxy) is 2. The zero-order valence-electron chi connectivity index (χ0n) is 19.1. The summed E-state index contributed by atoms with van der Waals surface area (Å²) in [5, 5.41) is 21.0. The van der Waals surface area contributed by atoms with Crippen LogP contribution in [0.2, 0.25) is 0 Å². The summed E-state index contributed by atoms with van der Waals surface area (Å²) in [6.07, 6.45) is 0.844. The van der Waals surface area contributed by atoms with Crippen molar-refractivity contribution in [2.45, 2.75) is 38.3 Å². The average Bonchev–Trinajstić information content (AvgIpc) is 2.86. The number of benzene rings is 3. The first-order chi connectivity index (χ1) is 16.5. The first-order valence-electron chi connectivity index (χ1n) is 11.2. The van der Waals surface area contributed by atoms with E-state index in [0.717, 1.165) is 16.7 Å². The second-order valence-electron chi connectivity index (χ2n) is 8.49. The van der Waals surface area contributed by atoms with Crippen LogP contribution in [-0.4, -0.2) is 27.9 Å². The second-order valence-corrected chi connectivity index (χ2v) is 8.49. The monoisotopic (exact) mass is 456 g/mol. The Morgan fingerprint density at radius 2 is 1.32 bits per heavy atom. The van der Waals surface area contributed by atoms with Crippen molar-refractivity contribution >= 4 is 5.97 Å². The molecule has 0 spiro atoms. The number of carboxylic acid groups (broad SMARTS) is 1. The molecule has 0 aromatic heterocycles. The molecule has 0 bridgehead atoms. The Hall–Kier alpha value is -3.67. The Morgan fingerprint density at radius 1 is 0.824 bits per heavy atom. The topological polar surface area (TPSA) is 76.0 Å². The number of rotatable bonds is 9. The van der Waals surface area contributed by atoms with Crippen LogP contribution in [-0.2, 0) is 33.9 Å². The van der Waals surface area contributed by atoms with E-state index in [2.05, 4.69) is 0 Å². The van der Waals surface area contributed by atoms with E-state index in [9.17, 15) is 15.0 Å². The van der Waals surface area contributed by atoms with Gasteiger partial charge in [0.2, 0.25) is 0 Å². The Kier molecular flexibility index (Phi) is 7.26. The number of aliphatic hydroxyl groups is 1. The fourth-order valence-corrected chi connectivity index (χ4v) is 4.15. The van der Waals surface area contributed by atoms with Crippen molar-refractivity contribution in [3.63, 3.8) is 0 Å². The zero-order chi connectivity index (χ0) is 24.0. The van der Waals surface area contributed by atoms with Crippen LogP contribution in [0.4, 0.5) is 0 Å². The third-order valence-corrected chi connectivity index (χ3v) is 6.06. The molecule has 3 aromatic rings. The molecule has 0 radical (unpaired) electrons. The molecule has 2 N–H and O–H groups in total. The second kappa shape index (κ2) is 10.5. The van der Waals surface area contributed by atoms with Gasteiger partial charge in [-0.2, -0.15) is 0 Å². The smallest absolute Gasteiger partial charge is 0.335 e. The van der Waals surface area contributed by atoms with E-state index >= 15 is 0 Å². The molecule has 0 fully saturated rings. The number of carboxylic acids is 1. The fraction of sp³-hybridized carbons (Fsp3) is 0.207. The molecule has 2 atom stereocenters. The third kappa shape index (κ3) is 5.28. The van der Waals surface area contributed by atoms with Crippen LogP contribution in [0.3, 0.4) is 0 Å². The highest BCUT2D eigenvalue weighted by atomic mass is 16.6. The molecule has 0 saturated heterocycles. The van der Waals surface area contributed by atoms with E-state index in [1.165, 1.54) is 6.08 Å². The minimum absolute atomic E-state index is 0.0280. The fourth-order valence-electron chi connectivity index (χ4n) is 4.15. The SMILES string of the molecule is CC1(OCc2ccccc2)C(O)=CC(C(=O)O)=C(Cc2ccccc2)C1OCc1ccccc1. The number of carbonyl (C=O) groups is 1. The predicted octanol–water partition coefficient (Wildman–Crippen LogP) is 5.63. The van der Waals surface area contributed by atoms with E-state index in [1.807, 2.05) is 91.0 Å². The van der Waals surface area contributed by atoms with Gasteiger partial charge in [0.15, 0.2) is 5.60 Å². The van der Waals surface area contributed by atoms with Gasteiger partial charge < -0.3 is 19.7 Å².